The largest absolute Gasteiger partial charge is 0.323 e. The minimum atomic E-state index is 0.0653. The maximum absolute atomic E-state index is 11.5. The van der Waals surface area contributed by atoms with Crippen LogP contribution < -0.4 is 4.72 Å². The number of pyridine rings is 1. The molecule has 2 aromatic rings. The predicted molar refractivity (Wildman–Crippen MR) is 87.6 cm³/mol. The zero-order valence-electron chi connectivity index (χ0n) is 10.9. The standard InChI is InChI=1S/C14H12BrClN2OS/c1-8-3-4-11(6-12(8)9(2)19)20-18-13-5-10(16)7-17-14(13)15/h3-7,18H,1-2H3. The monoisotopic (exact) mass is 370 g/mol. The van der Waals surface area contributed by atoms with Crippen molar-refractivity contribution in [2.45, 2.75) is 18.7 Å². The minimum Gasteiger partial charge on any atom is -0.323 e. The van der Waals surface area contributed by atoms with Gasteiger partial charge >= 0.3 is 0 Å². The third kappa shape index (κ3) is 3.75. The molecule has 0 unspecified atom stereocenters. The highest BCUT2D eigenvalue weighted by Gasteiger charge is 2.07. The molecule has 1 N–H and O–H groups in total. The molecule has 1 aromatic carbocycles. The fourth-order valence-corrected chi connectivity index (χ4v) is 2.95. The molecule has 2 rings (SSSR count). The summed E-state index contributed by atoms with van der Waals surface area (Å²) in [5.74, 6) is 0.0653. The molecule has 0 radical (unpaired) electrons. The highest BCUT2D eigenvalue weighted by molar-refractivity contribution is 9.10. The Bertz CT molecular complexity index is 664. The predicted octanol–water partition coefficient (Wildman–Crippen LogP) is 5.13. The molecule has 104 valence electrons. The molecule has 0 saturated carbocycles. The number of benzene rings is 1. The lowest BCUT2D eigenvalue weighted by Crippen LogP contribution is -1.97. The summed E-state index contributed by atoms with van der Waals surface area (Å²) in [4.78, 5) is 16.6. The first-order valence-corrected chi connectivity index (χ1v) is 7.81. The molecule has 1 aromatic heterocycles. The molecule has 20 heavy (non-hydrogen) atoms. The van der Waals surface area contributed by atoms with Crippen molar-refractivity contribution in [3.63, 3.8) is 0 Å². The summed E-state index contributed by atoms with van der Waals surface area (Å²) in [5, 5.41) is 0.560. The lowest BCUT2D eigenvalue weighted by Gasteiger charge is -2.09. The van der Waals surface area contributed by atoms with Gasteiger partial charge in [-0.15, -0.1) is 0 Å². The van der Waals surface area contributed by atoms with Gasteiger partial charge in [-0.2, -0.15) is 0 Å². The van der Waals surface area contributed by atoms with Gasteiger partial charge < -0.3 is 4.72 Å². The number of nitrogens with one attached hydrogen (secondary N) is 1. The van der Waals surface area contributed by atoms with E-state index in [1.165, 1.54) is 11.9 Å². The molecule has 0 amide bonds. The number of halogens is 2. The highest BCUT2D eigenvalue weighted by atomic mass is 79.9. The maximum Gasteiger partial charge on any atom is 0.160 e. The third-order valence-corrected chi connectivity index (χ3v) is 4.32. The van der Waals surface area contributed by atoms with E-state index >= 15 is 0 Å². The van der Waals surface area contributed by atoms with Gasteiger partial charge in [-0.3, -0.25) is 4.79 Å². The number of ketones is 1. The molecule has 0 atom stereocenters. The topological polar surface area (TPSA) is 42.0 Å². The number of anilines is 1. The van der Waals surface area contributed by atoms with Crippen LogP contribution in [0.1, 0.15) is 22.8 Å². The third-order valence-electron chi connectivity index (χ3n) is 2.67. The van der Waals surface area contributed by atoms with Gasteiger partial charge in [0.25, 0.3) is 0 Å². The van der Waals surface area contributed by atoms with Crippen molar-refractivity contribution in [3.8, 4) is 0 Å². The number of Topliss-reactive ketones (excluding diaryl/α,β-unsaturated/α-hetero) is 1. The number of aromatic nitrogens is 1. The van der Waals surface area contributed by atoms with Gasteiger partial charge in [0.2, 0.25) is 0 Å². The summed E-state index contributed by atoms with van der Waals surface area (Å²) in [5.41, 5.74) is 2.50. The summed E-state index contributed by atoms with van der Waals surface area (Å²) in [6.45, 7) is 3.50. The van der Waals surface area contributed by atoms with Crippen LogP contribution in [0.4, 0.5) is 5.69 Å². The zero-order valence-corrected chi connectivity index (χ0v) is 14.1. The first kappa shape index (κ1) is 15.4. The normalized spacial score (nSPS) is 10.4. The molecule has 1 heterocycles. The van der Waals surface area contributed by atoms with E-state index in [-0.39, 0.29) is 5.78 Å². The Morgan fingerprint density at radius 3 is 2.85 bits per heavy atom. The van der Waals surface area contributed by atoms with Crippen LogP contribution in [-0.4, -0.2) is 10.8 Å². The van der Waals surface area contributed by atoms with E-state index in [2.05, 4.69) is 25.6 Å². The van der Waals surface area contributed by atoms with E-state index < -0.39 is 0 Å². The molecule has 0 aliphatic rings. The maximum atomic E-state index is 11.5. The number of nitrogens with zero attached hydrogens (tertiary/aromatic N) is 1. The molecule has 0 spiro atoms. The molecule has 0 saturated heterocycles. The van der Waals surface area contributed by atoms with E-state index in [4.69, 9.17) is 11.6 Å². The van der Waals surface area contributed by atoms with Crippen LogP contribution in [0.5, 0.6) is 0 Å². The molecule has 6 heteroatoms. The van der Waals surface area contributed by atoms with Crippen molar-refractivity contribution >= 4 is 50.9 Å². The lowest BCUT2D eigenvalue weighted by molar-refractivity contribution is 0.101. The fourth-order valence-electron chi connectivity index (χ4n) is 1.65. The van der Waals surface area contributed by atoms with E-state index in [9.17, 15) is 4.79 Å². The molecule has 0 aliphatic carbocycles. The van der Waals surface area contributed by atoms with Crippen LogP contribution in [0, 0.1) is 6.92 Å². The number of rotatable bonds is 4. The van der Waals surface area contributed by atoms with Gasteiger partial charge in [0.15, 0.2) is 5.78 Å². The summed E-state index contributed by atoms with van der Waals surface area (Å²) < 4.78 is 3.86. The van der Waals surface area contributed by atoms with E-state index in [0.29, 0.717) is 9.63 Å². The Labute approximate surface area is 135 Å². The van der Waals surface area contributed by atoms with Gasteiger partial charge in [0.05, 0.1) is 10.7 Å². The van der Waals surface area contributed by atoms with Gasteiger partial charge in [-0.1, -0.05) is 17.7 Å². The number of hydrogen-bond donors (Lipinski definition) is 1. The van der Waals surface area contributed by atoms with Crippen molar-refractivity contribution < 1.29 is 4.79 Å². The quantitative estimate of drug-likeness (QED) is 0.460. The summed E-state index contributed by atoms with van der Waals surface area (Å²) in [6.07, 6.45) is 1.57. The van der Waals surface area contributed by atoms with Crippen molar-refractivity contribution in [1.29, 1.82) is 0 Å². The van der Waals surface area contributed by atoms with Gasteiger partial charge in [0.1, 0.15) is 4.60 Å². The van der Waals surface area contributed by atoms with Crippen LogP contribution in [0.2, 0.25) is 5.02 Å². The first-order chi connectivity index (χ1) is 9.47. The summed E-state index contributed by atoms with van der Waals surface area (Å²) in [6, 6.07) is 7.56. The Morgan fingerprint density at radius 1 is 1.40 bits per heavy atom. The number of hydrogen-bond acceptors (Lipinski definition) is 4. The van der Waals surface area contributed by atoms with Crippen LogP contribution in [-0.2, 0) is 0 Å². The van der Waals surface area contributed by atoms with E-state index in [1.807, 2.05) is 25.1 Å². The Kier molecular flexibility index (Phi) is 5.07. The second-order valence-corrected chi connectivity index (χ2v) is 6.30. The Balaban J connectivity index is 2.17. The van der Waals surface area contributed by atoms with Crippen molar-refractivity contribution in [3.05, 3.63) is 51.2 Å². The summed E-state index contributed by atoms with van der Waals surface area (Å²) >= 11 is 10.7. The number of carbonyl (C=O) groups is 1. The number of aryl methyl sites for hydroxylation is 1. The molecule has 0 aliphatic heterocycles. The van der Waals surface area contributed by atoms with Gasteiger partial charge in [-0.25, -0.2) is 4.98 Å². The minimum absolute atomic E-state index is 0.0653. The van der Waals surface area contributed by atoms with Crippen LogP contribution in [0.15, 0.2) is 40.0 Å². The Morgan fingerprint density at radius 2 is 2.15 bits per heavy atom. The molecular weight excluding hydrogens is 360 g/mol. The molecule has 0 bridgehead atoms. The lowest BCUT2D eigenvalue weighted by atomic mass is 10.1. The van der Waals surface area contributed by atoms with Gasteiger partial charge in [0, 0.05) is 16.7 Å². The SMILES string of the molecule is CC(=O)c1cc(SNc2cc(Cl)cnc2Br)ccc1C. The fraction of sp³-hybridized carbons (Fsp3) is 0.143. The smallest absolute Gasteiger partial charge is 0.160 e. The highest BCUT2D eigenvalue weighted by Crippen LogP contribution is 2.29. The summed E-state index contributed by atoms with van der Waals surface area (Å²) in [7, 11) is 0. The Hall–Kier alpha value is -1.04. The average Bonchev–Trinajstić information content (AvgIpc) is 2.41. The first-order valence-electron chi connectivity index (χ1n) is 5.83. The van der Waals surface area contributed by atoms with Gasteiger partial charge in [-0.05, 0) is 65.5 Å². The number of carbonyl (C=O) groups excluding carboxylic acids is 1. The molecule has 3 nitrogen and oxygen atoms in total. The van der Waals surface area contributed by atoms with Crippen molar-refractivity contribution in [1.82, 2.24) is 4.98 Å². The second kappa shape index (κ2) is 6.61. The van der Waals surface area contributed by atoms with Crippen LogP contribution in [0.25, 0.3) is 0 Å². The molecule has 0 fully saturated rings. The second-order valence-electron chi connectivity index (χ2n) is 4.23. The van der Waals surface area contributed by atoms with Crippen LogP contribution >= 0.6 is 39.5 Å². The van der Waals surface area contributed by atoms with Crippen molar-refractivity contribution in [2.75, 3.05) is 4.72 Å². The molecular formula is C14H12BrClN2OS. The zero-order chi connectivity index (χ0) is 14.7. The van der Waals surface area contributed by atoms with E-state index in [0.717, 1.165) is 21.7 Å². The van der Waals surface area contributed by atoms with E-state index in [1.54, 1.807) is 19.2 Å². The van der Waals surface area contributed by atoms with Crippen LogP contribution in [0.3, 0.4) is 0 Å². The average molecular weight is 372 g/mol. The van der Waals surface area contributed by atoms with Crippen molar-refractivity contribution in [2.24, 2.45) is 0 Å².